The van der Waals surface area contributed by atoms with Gasteiger partial charge in [-0.05, 0) is 17.7 Å². The zero-order valence-corrected chi connectivity index (χ0v) is 12.4. The summed E-state index contributed by atoms with van der Waals surface area (Å²) in [5, 5.41) is 3.34. The van der Waals surface area contributed by atoms with E-state index in [4.69, 9.17) is 14.2 Å². The SMILES string of the molecule is COCCNCc1ccc(N2CCOCC2)c(OC)c1. The molecule has 1 heterocycles. The molecule has 1 aromatic rings. The summed E-state index contributed by atoms with van der Waals surface area (Å²) in [7, 11) is 3.43. The monoisotopic (exact) mass is 280 g/mol. The van der Waals surface area contributed by atoms with Gasteiger partial charge in [0.1, 0.15) is 5.75 Å². The zero-order chi connectivity index (χ0) is 14.2. The summed E-state index contributed by atoms with van der Waals surface area (Å²) in [6.45, 7) is 5.80. The maximum absolute atomic E-state index is 5.53. The number of methoxy groups -OCH3 is 2. The van der Waals surface area contributed by atoms with Crippen molar-refractivity contribution in [3.63, 3.8) is 0 Å². The zero-order valence-electron chi connectivity index (χ0n) is 12.4. The summed E-state index contributed by atoms with van der Waals surface area (Å²) in [6, 6.07) is 6.38. The highest BCUT2D eigenvalue weighted by atomic mass is 16.5. The van der Waals surface area contributed by atoms with Crippen molar-refractivity contribution in [2.24, 2.45) is 0 Å². The van der Waals surface area contributed by atoms with Gasteiger partial charge in [0.15, 0.2) is 0 Å². The first kappa shape index (κ1) is 15.1. The Bertz CT molecular complexity index is 406. The van der Waals surface area contributed by atoms with Crippen LogP contribution in [-0.4, -0.2) is 53.7 Å². The van der Waals surface area contributed by atoms with Crippen molar-refractivity contribution >= 4 is 5.69 Å². The van der Waals surface area contributed by atoms with Crippen LogP contribution in [0.15, 0.2) is 18.2 Å². The molecule has 2 rings (SSSR count). The molecule has 0 radical (unpaired) electrons. The van der Waals surface area contributed by atoms with Crippen LogP contribution in [0.3, 0.4) is 0 Å². The first-order valence-electron chi connectivity index (χ1n) is 7.04. The van der Waals surface area contributed by atoms with Gasteiger partial charge in [-0.3, -0.25) is 0 Å². The van der Waals surface area contributed by atoms with Crippen molar-refractivity contribution in [3.05, 3.63) is 23.8 Å². The Hall–Kier alpha value is -1.30. The fraction of sp³-hybridized carbons (Fsp3) is 0.600. The quantitative estimate of drug-likeness (QED) is 0.762. The Morgan fingerprint density at radius 3 is 2.75 bits per heavy atom. The molecule has 0 bridgehead atoms. The van der Waals surface area contributed by atoms with E-state index in [-0.39, 0.29) is 0 Å². The van der Waals surface area contributed by atoms with Crippen LogP contribution in [0.25, 0.3) is 0 Å². The maximum atomic E-state index is 5.53. The minimum absolute atomic E-state index is 0.725. The molecule has 0 atom stereocenters. The normalized spacial score (nSPS) is 15.4. The second kappa shape index (κ2) is 8.09. The molecule has 1 saturated heterocycles. The Labute approximate surface area is 120 Å². The third-order valence-corrected chi connectivity index (χ3v) is 3.41. The Morgan fingerprint density at radius 1 is 1.25 bits per heavy atom. The Morgan fingerprint density at radius 2 is 2.05 bits per heavy atom. The van der Waals surface area contributed by atoms with E-state index in [1.807, 2.05) is 0 Å². The van der Waals surface area contributed by atoms with Crippen molar-refractivity contribution < 1.29 is 14.2 Å². The molecule has 1 N–H and O–H groups in total. The van der Waals surface area contributed by atoms with Gasteiger partial charge in [0, 0.05) is 33.3 Å². The van der Waals surface area contributed by atoms with Crippen LogP contribution >= 0.6 is 0 Å². The third-order valence-electron chi connectivity index (χ3n) is 3.41. The topological polar surface area (TPSA) is 43.0 Å². The van der Waals surface area contributed by atoms with Gasteiger partial charge in [-0.15, -0.1) is 0 Å². The molecule has 0 saturated carbocycles. The summed E-state index contributed by atoms with van der Waals surface area (Å²) >= 11 is 0. The van der Waals surface area contributed by atoms with E-state index in [9.17, 15) is 0 Å². The Kier molecular flexibility index (Phi) is 6.11. The van der Waals surface area contributed by atoms with Crippen molar-refractivity contribution in [2.75, 3.05) is 58.6 Å². The van der Waals surface area contributed by atoms with Gasteiger partial charge in [0.05, 0.1) is 32.6 Å². The molecule has 20 heavy (non-hydrogen) atoms. The van der Waals surface area contributed by atoms with E-state index >= 15 is 0 Å². The van der Waals surface area contributed by atoms with Gasteiger partial charge in [0.2, 0.25) is 0 Å². The molecular weight excluding hydrogens is 256 g/mol. The second-order valence-electron chi connectivity index (χ2n) is 4.78. The van der Waals surface area contributed by atoms with Gasteiger partial charge >= 0.3 is 0 Å². The van der Waals surface area contributed by atoms with Gasteiger partial charge in [0.25, 0.3) is 0 Å². The average molecular weight is 280 g/mol. The molecule has 112 valence electrons. The van der Waals surface area contributed by atoms with Crippen LogP contribution in [0.4, 0.5) is 5.69 Å². The molecule has 0 aromatic heterocycles. The molecule has 1 aliphatic rings. The highest BCUT2D eigenvalue weighted by Gasteiger charge is 2.15. The first-order chi connectivity index (χ1) is 9.85. The minimum Gasteiger partial charge on any atom is -0.495 e. The Balaban J connectivity index is 1.99. The second-order valence-corrected chi connectivity index (χ2v) is 4.78. The summed E-state index contributed by atoms with van der Waals surface area (Å²) in [4.78, 5) is 2.31. The van der Waals surface area contributed by atoms with E-state index in [1.54, 1.807) is 14.2 Å². The van der Waals surface area contributed by atoms with Crippen LogP contribution in [0.2, 0.25) is 0 Å². The lowest BCUT2D eigenvalue weighted by Crippen LogP contribution is -2.36. The molecular formula is C15H24N2O3. The van der Waals surface area contributed by atoms with Gasteiger partial charge in [-0.2, -0.15) is 0 Å². The summed E-state index contributed by atoms with van der Waals surface area (Å²) < 4.78 is 15.9. The van der Waals surface area contributed by atoms with E-state index in [0.717, 1.165) is 57.4 Å². The predicted octanol–water partition coefficient (Wildman–Crippen LogP) is 1.27. The molecule has 0 aliphatic carbocycles. The molecule has 0 amide bonds. The van der Waals surface area contributed by atoms with Crippen LogP contribution in [-0.2, 0) is 16.0 Å². The van der Waals surface area contributed by atoms with Gasteiger partial charge < -0.3 is 24.4 Å². The fourth-order valence-corrected chi connectivity index (χ4v) is 2.30. The van der Waals surface area contributed by atoms with E-state index in [0.29, 0.717) is 0 Å². The lowest BCUT2D eigenvalue weighted by atomic mass is 10.1. The molecule has 5 heteroatoms. The van der Waals surface area contributed by atoms with Crippen LogP contribution < -0.4 is 15.0 Å². The molecule has 0 spiro atoms. The van der Waals surface area contributed by atoms with Gasteiger partial charge in [-0.25, -0.2) is 0 Å². The fourth-order valence-electron chi connectivity index (χ4n) is 2.30. The number of nitrogens with zero attached hydrogens (tertiary/aromatic N) is 1. The molecule has 1 aromatic carbocycles. The number of ether oxygens (including phenoxy) is 3. The average Bonchev–Trinajstić information content (AvgIpc) is 2.52. The molecule has 1 aliphatic heterocycles. The van der Waals surface area contributed by atoms with E-state index in [1.165, 1.54) is 5.56 Å². The highest BCUT2D eigenvalue weighted by Crippen LogP contribution is 2.29. The predicted molar refractivity (Wildman–Crippen MR) is 79.6 cm³/mol. The lowest BCUT2D eigenvalue weighted by Gasteiger charge is -2.30. The molecule has 1 fully saturated rings. The minimum atomic E-state index is 0.725. The van der Waals surface area contributed by atoms with Crippen molar-refractivity contribution in [1.82, 2.24) is 5.32 Å². The highest BCUT2D eigenvalue weighted by molar-refractivity contribution is 5.60. The van der Waals surface area contributed by atoms with Crippen LogP contribution in [0.5, 0.6) is 5.75 Å². The number of benzene rings is 1. The number of hydrogen-bond acceptors (Lipinski definition) is 5. The third kappa shape index (κ3) is 4.10. The number of morpholine rings is 1. The van der Waals surface area contributed by atoms with Crippen LogP contribution in [0.1, 0.15) is 5.56 Å². The number of nitrogens with one attached hydrogen (secondary N) is 1. The van der Waals surface area contributed by atoms with Gasteiger partial charge in [-0.1, -0.05) is 6.07 Å². The summed E-state index contributed by atoms with van der Waals surface area (Å²) in [6.07, 6.45) is 0. The summed E-state index contributed by atoms with van der Waals surface area (Å²) in [5.41, 5.74) is 2.37. The van der Waals surface area contributed by atoms with E-state index < -0.39 is 0 Å². The molecule has 0 unspecified atom stereocenters. The maximum Gasteiger partial charge on any atom is 0.142 e. The smallest absolute Gasteiger partial charge is 0.142 e. The summed E-state index contributed by atoms with van der Waals surface area (Å²) in [5.74, 6) is 0.929. The largest absolute Gasteiger partial charge is 0.495 e. The van der Waals surface area contributed by atoms with Crippen molar-refractivity contribution in [3.8, 4) is 5.75 Å². The lowest BCUT2D eigenvalue weighted by molar-refractivity contribution is 0.122. The van der Waals surface area contributed by atoms with Crippen molar-refractivity contribution in [2.45, 2.75) is 6.54 Å². The van der Waals surface area contributed by atoms with Crippen LogP contribution in [0, 0.1) is 0 Å². The number of rotatable bonds is 7. The van der Waals surface area contributed by atoms with Crippen molar-refractivity contribution in [1.29, 1.82) is 0 Å². The number of anilines is 1. The standard InChI is InChI=1S/C15H24N2O3/c1-18-8-5-16-12-13-3-4-14(15(11-13)19-2)17-6-9-20-10-7-17/h3-4,11,16H,5-10,12H2,1-2H3. The van der Waals surface area contributed by atoms with E-state index in [2.05, 4.69) is 28.4 Å². The first-order valence-corrected chi connectivity index (χ1v) is 7.04. The molecule has 5 nitrogen and oxygen atoms in total. The number of hydrogen-bond donors (Lipinski definition) is 1.